The van der Waals surface area contributed by atoms with E-state index in [-0.39, 0.29) is 11.6 Å². The highest BCUT2D eigenvalue weighted by Crippen LogP contribution is 2.05. The molecule has 0 fully saturated rings. The minimum Gasteiger partial charge on any atom is -0.404 e. The lowest BCUT2D eigenvalue weighted by Crippen LogP contribution is -1.97. The number of nitrogens with zero attached hydrogens (tertiary/aromatic N) is 1. The Hall–Kier alpha value is -1.10. The standard InChI is InChI=1S/C6H6BrN3O/c7-5-3-9-6(10-5)4(11)1-2-8/h1-3H,8H2,(H,9,10). The van der Waals surface area contributed by atoms with Crippen molar-refractivity contribution in [2.24, 2.45) is 5.73 Å². The summed E-state index contributed by atoms with van der Waals surface area (Å²) >= 11 is 3.13. The molecule has 0 aliphatic heterocycles. The molecule has 1 heterocycles. The second-order valence-corrected chi connectivity index (χ2v) is 2.66. The van der Waals surface area contributed by atoms with Gasteiger partial charge in [-0.2, -0.15) is 0 Å². The van der Waals surface area contributed by atoms with Gasteiger partial charge in [-0.25, -0.2) is 4.98 Å². The lowest BCUT2D eigenvalue weighted by atomic mass is 10.4. The molecule has 4 nitrogen and oxygen atoms in total. The number of rotatable bonds is 2. The highest BCUT2D eigenvalue weighted by Gasteiger charge is 2.04. The Labute approximate surface area is 71.6 Å². The van der Waals surface area contributed by atoms with Gasteiger partial charge in [-0.05, 0) is 22.1 Å². The molecule has 0 spiro atoms. The fourth-order valence-electron chi connectivity index (χ4n) is 0.590. The van der Waals surface area contributed by atoms with Crippen molar-refractivity contribution >= 4 is 21.7 Å². The molecule has 0 atom stereocenters. The summed E-state index contributed by atoms with van der Waals surface area (Å²) in [6.07, 6.45) is 3.93. The fraction of sp³-hybridized carbons (Fsp3) is 0. The number of hydrogen-bond donors (Lipinski definition) is 2. The molecule has 0 amide bonds. The van der Waals surface area contributed by atoms with Gasteiger partial charge in [0, 0.05) is 6.08 Å². The predicted molar refractivity (Wildman–Crippen MR) is 43.9 cm³/mol. The molecule has 1 aromatic rings. The largest absolute Gasteiger partial charge is 0.404 e. The zero-order chi connectivity index (χ0) is 8.27. The molecule has 0 unspecified atom stereocenters. The number of hydrogen-bond acceptors (Lipinski definition) is 3. The molecule has 1 rings (SSSR count). The number of allylic oxidation sites excluding steroid dienone is 1. The number of aromatic nitrogens is 2. The third-order valence-corrected chi connectivity index (χ3v) is 1.43. The first kappa shape index (κ1) is 8.00. The van der Waals surface area contributed by atoms with E-state index in [0.717, 1.165) is 0 Å². The number of carbonyl (C=O) groups excluding carboxylic acids is 1. The maximum absolute atomic E-state index is 11.0. The maximum Gasteiger partial charge on any atom is 0.222 e. The van der Waals surface area contributed by atoms with Crippen LogP contribution in [-0.4, -0.2) is 15.8 Å². The third kappa shape index (κ3) is 1.91. The van der Waals surface area contributed by atoms with Gasteiger partial charge >= 0.3 is 0 Å². The molecule has 0 aliphatic carbocycles. The normalized spacial score (nSPS) is 10.6. The summed E-state index contributed by atoms with van der Waals surface area (Å²) in [6, 6.07) is 0. The van der Waals surface area contributed by atoms with Crippen LogP contribution in [0.15, 0.2) is 23.1 Å². The van der Waals surface area contributed by atoms with Crippen LogP contribution in [0.1, 0.15) is 10.6 Å². The zero-order valence-electron chi connectivity index (χ0n) is 5.54. The number of aromatic amines is 1. The molecule has 0 bridgehead atoms. The lowest BCUT2D eigenvalue weighted by Gasteiger charge is -1.84. The predicted octanol–water partition coefficient (Wildman–Crippen LogP) is 0.827. The molecule has 5 heteroatoms. The number of nitrogens with two attached hydrogens (primary N) is 1. The summed E-state index contributed by atoms with van der Waals surface area (Å²) in [5.74, 6) is 0.0387. The average Bonchev–Trinajstić information content (AvgIpc) is 2.36. The molecule has 0 saturated heterocycles. The maximum atomic E-state index is 11.0. The molecule has 0 saturated carbocycles. The van der Waals surface area contributed by atoms with Crippen molar-refractivity contribution in [2.75, 3.05) is 0 Å². The van der Waals surface area contributed by atoms with Crippen LogP contribution in [0.2, 0.25) is 0 Å². The van der Waals surface area contributed by atoms with E-state index in [4.69, 9.17) is 5.73 Å². The van der Waals surface area contributed by atoms with E-state index in [0.29, 0.717) is 4.60 Å². The minimum absolute atomic E-state index is 0.238. The molecular formula is C6H6BrN3O. The summed E-state index contributed by atoms with van der Waals surface area (Å²) in [5.41, 5.74) is 5.02. The number of nitrogens with one attached hydrogen (secondary N) is 1. The van der Waals surface area contributed by atoms with E-state index in [1.54, 1.807) is 0 Å². The average molecular weight is 216 g/mol. The Balaban J connectivity index is 2.85. The van der Waals surface area contributed by atoms with E-state index in [1.807, 2.05) is 0 Å². The summed E-state index contributed by atoms with van der Waals surface area (Å²) in [6.45, 7) is 0. The van der Waals surface area contributed by atoms with Gasteiger partial charge in [-0.1, -0.05) is 0 Å². The lowest BCUT2D eigenvalue weighted by molar-refractivity contribution is 0.103. The van der Waals surface area contributed by atoms with Crippen molar-refractivity contribution in [3.8, 4) is 0 Å². The highest BCUT2D eigenvalue weighted by molar-refractivity contribution is 9.10. The van der Waals surface area contributed by atoms with Gasteiger partial charge in [0.25, 0.3) is 0 Å². The number of H-pyrrole nitrogens is 1. The summed E-state index contributed by atoms with van der Waals surface area (Å²) in [7, 11) is 0. The van der Waals surface area contributed by atoms with Gasteiger partial charge in [-0.15, -0.1) is 0 Å². The number of imidazole rings is 1. The van der Waals surface area contributed by atoms with Crippen molar-refractivity contribution in [1.29, 1.82) is 0 Å². The van der Waals surface area contributed by atoms with Crippen LogP contribution >= 0.6 is 15.9 Å². The van der Waals surface area contributed by atoms with E-state index in [9.17, 15) is 4.79 Å². The van der Waals surface area contributed by atoms with Crippen LogP contribution in [0.4, 0.5) is 0 Å². The van der Waals surface area contributed by atoms with Gasteiger partial charge in [-0.3, -0.25) is 4.79 Å². The summed E-state index contributed by atoms with van der Waals surface area (Å²) < 4.78 is 0.672. The minimum atomic E-state index is -0.238. The van der Waals surface area contributed by atoms with Crippen LogP contribution < -0.4 is 5.73 Å². The van der Waals surface area contributed by atoms with E-state index in [1.165, 1.54) is 18.5 Å². The van der Waals surface area contributed by atoms with Crippen LogP contribution in [0.25, 0.3) is 0 Å². The first-order chi connectivity index (χ1) is 5.24. The Morgan fingerprint density at radius 2 is 2.55 bits per heavy atom. The van der Waals surface area contributed by atoms with Gasteiger partial charge < -0.3 is 10.7 Å². The first-order valence-corrected chi connectivity index (χ1v) is 3.66. The van der Waals surface area contributed by atoms with E-state index >= 15 is 0 Å². The van der Waals surface area contributed by atoms with Crippen LogP contribution in [-0.2, 0) is 0 Å². The number of carbonyl (C=O) groups is 1. The van der Waals surface area contributed by atoms with Crippen molar-refractivity contribution < 1.29 is 4.79 Å². The van der Waals surface area contributed by atoms with Crippen molar-refractivity contribution in [3.05, 3.63) is 28.9 Å². The van der Waals surface area contributed by atoms with E-state index in [2.05, 4.69) is 25.9 Å². The monoisotopic (exact) mass is 215 g/mol. The van der Waals surface area contributed by atoms with Crippen LogP contribution in [0.3, 0.4) is 0 Å². The van der Waals surface area contributed by atoms with Crippen molar-refractivity contribution in [2.45, 2.75) is 0 Å². The van der Waals surface area contributed by atoms with Crippen molar-refractivity contribution in [1.82, 2.24) is 9.97 Å². The molecule has 0 radical (unpaired) electrons. The SMILES string of the molecule is NC=CC(=O)c1ncc(Br)[nH]1. The molecule has 11 heavy (non-hydrogen) atoms. The molecule has 0 aromatic carbocycles. The Bertz CT molecular complexity index is 292. The Morgan fingerprint density at radius 1 is 1.82 bits per heavy atom. The van der Waals surface area contributed by atoms with E-state index < -0.39 is 0 Å². The van der Waals surface area contributed by atoms with Crippen LogP contribution in [0.5, 0.6) is 0 Å². The Morgan fingerprint density at radius 3 is 3.00 bits per heavy atom. The van der Waals surface area contributed by atoms with Gasteiger partial charge in [0.15, 0.2) is 5.82 Å². The number of halogens is 1. The molecule has 58 valence electrons. The smallest absolute Gasteiger partial charge is 0.222 e. The summed E-state index contributed by atoms with van der Waals surface area (Å²) in [4.78, 5) is 17.5. The Kier molecular flexibility index (Phi) is 2.43. The second kappa shape index (κ2) is 3.34. The topological polar surface area (TPSA) is 71.8 Å². The van der Waals surface area contributed by atoms with Crippen LogP contribution in [0, 0.1) is 0 Å². The zero-order valence-corrected chi connectivity index (χ0v) is 7.13. The summed E-state index contributed by atoms with van der Waals surface area (Å²) in [5, 5.41) is 0. The van der Waals surface area contributed by atoms with Crippen molar-refractivity contribution in [3.63, 3.8) is 0 Å². The van der Waals surface area contributed by atoms with Gasteiger partial charge in [0.05, 0.1) is 6.20 Å². The molecular weight excluding hydrogens is 210 g/mol. The van der Waals surface area contributed by atoms with Gasteiger partial charge in [0.2, 0.25) is 5.78 Å². The highest BCUT2D eigenvalue weighted by atomic mass is 79.9. The molecule has 0 aliphatic rings. The quantitative estimate of drug-likeness (QED) is 0.568. The fourth-order valence-corrected chi connectivity index (χ4v) is 0.881. The molecule has 1 aromatic heterocycles. The molecule has 3 N–H and O–H groups in total. The number of ketones is 1. The first-order valence-electron chi connectivity index (χ1n) is 2.87. The second-order valence-electron chi connectivity index (χ2n) is 1.80. The van der Waals surface area contributed by atoms with Gasteiger partial charge in [0.1, 0.15) is 4.60 Å². The third-order valence-electron chi connectivity index (χ3n) is 1.03.